The minimum atomic E-state index is -0.125. The number of carbonyl (C=O) groups excluding carboxylic acids is 1. The zero-order valence-corrected chi connectivity index (χ0v) is 17.4. The lowest BCUT2D eigenvalue weighted by molar-refractivity contribution is -0.113. The number of nitrogens with one attached hydrogen (secondary N) is 1. The number of aromatic nitrogens is 2. The van der Waals surface area contributed by atoms with Crippen molar-refractivity contribution in [1.82, 2.24) is 9.55 Å². The van der Waals surface area contributed by atoms with Crippen LogP contribution in [0.1, 0.15) is 45.2 Å². The predicted molar refractivity (Wildman–Crippen MR) is 116 cm³/mol. The number of thioether (sulfide) groups is 1. The van der Waals surface area contributed by atoms with Crippen LogP contribution in [0.15, 0.2) is 58.5 Å². The van der Waals surface area contributed by atoms with Crippen molar-refractivity contribution < 1.29 is 4.79 Å². The number of amides is 1. The minimum absolute atomic E-state index is 0.0428. The van der Waals surface area contributed by atoms with Gasteiger partial charge in [-0.15, -0.1) is 0 Å². The van der Waals surface area contributed by atoms with Crippen LogP contribution in [-0.2, 0) is 4.79 Å². The average molecular weight is 396 g/mol. The second kappa shape index (κ2) is 8.61. The Kier molecular flexibility index (Phi) is 6.19. The summed E-state index contributed by atoms with van der Waals surface area (Å²) in [7, 11) is 0. The molecule has 0 saturated heterocycles. The molecular formula is C22H25N3O2S. The lowest BCUT2D eigenvalue weighted by Gasteiger charge is -2.16. The van der Waals surface area contributed by atoms with Crippen molar-refractivity contribution in [2.24, 2.45) is 0 Å². The van der Waals surface area contributed by atoms with E-state index < -0.39 is 0 Å². The average Bonchev–Trinajstić information content (AvgIpc) is 2.66. The topological polar surface area (TPSA) is 64.0 Å². The van der Waals surface area contributed by atoms with Crippen LogP contribution in [0.4, 0.5) is 5.69 Å². The molecule has 0 unspecified atom stereocenters. The van der Waals surface area contributed by atoms with Gasteiger partial charge in [0.2, 0.25) is 5.91 Å². The zero-order valence-electron chi connectivity index (χ0n) is 16.6. The van der Waals surface area contributed by atoms with Crippen LogP contribution in [0, 0.1) is 0 Å². The van der Waals surface area contributed by atoms with Gasteiger partial charge in [-0.2, -0.15) is 0 Å². The van der Waals surface area contributed by atoms with E-state index in [1.807, 2.05) is 56.3 Å². The second-order valence-electron chi connectivity index (χ2n) is 7.29. The van der Waals surface area contributed by atoms with E-state index in [0.29, 0.717) is 22.0 Å². The van der Waals surface area contributed by atoms with Crippen LogP contribution in [0.3, 0.4) is 0 Å². The van der Waals surface area contributed by atoms with Crippen molar-refractivity contribution in [3.05, 3.63) is 64.4 Å². The number of carbonyl (C=O) groups is 1. The maximum absolute atomic E-state index is 12.8. The second-order valence-corrected chi connectivity index (χ2v) is 8.24. The molecule has 3 aromatic rings. The number of benzene rings is 2. The molecule has 0 aliphatic rings. The molecule has 1 N–H and O–H groups in total. The van der Waals surface area contributed by atoms with Crippen molar-refractivity contribution >= 4 is 34.3 Å². The Labute approximate surface area is 169 Å². The van der Waals surface area contributed by atoms with Crippen LogP contribution < -0.4 is 10.9 Å². The molecule has 1 aromatic heterocycles. The van der Waals surface area contributed by atoms with Gasteiger partial charge in [0.05, 0.1) is 16.7 Å². The van der Waals surface area contributed by atoms with Gasteiger partial charge in [0.1, 0.15) is 0 Å². The molecule has 146 valence electrons. The summed E-state index contributed by atoms with van der Waals surface area (Å²) in [5.41, 5.74) is 2.57. The van der Waals surface area contributed by atoms with E-state index in [9.17, 15) is 9.59 Å². The molecular weight excluding hydrogens is 370 g/mol. The maximum atomic E-state index is 12.8. The van der Waals surface area contributed by atoms with Crippen LogP contribution in [0.5, 0.6) is 0 Å². The first kappa shape index (κ1) is 20.1. The highest BCUT2D eigenvalue weighted by molar-refractivity contribution is 7.99. The molecule has 0 bridgehead atoms. The molecule has 0 atom stereocenters. The van der Waals surface area contributed by atoms with E-state index >= 15 is 0 Å². The lowest BCUT2D eigenvalue weighted by Crippen LogP contribution is -2.25. The van der Waals surface area contributed by atoms with E-state index in [2.05, 4.69) is 24.1 Å². The lowest BCUT2D eigenvalue weighted by atomic mass is 10.0. The molecule has 2 aromatic carbocycles. The van der Waals surface area contributed by atoms with Crippen molar-refractivity contribution in [3.63, 3.8) is 0 Å². The third-order valence-electron chi connectivity index (χ3n) is 4.49. The SMILES string of the molecule is CC(C)c1ccc(NC(=O)CSc2nc3ccccc3c(=O)n2C(C)C)cc1. The molecule has 0 radical (unpaired) electrons. The molecule has 0 aliphatic carbocycles. The van der Waals surface area contributed by atoms with Gasteiger partial charge in [-0.1, -0.05) is 49.9 Å². The van der Waals surface area contributed by atoms with Crippen molar-refractivity contribution in [2.75, 3.05) is 11.1 Å². The van der Waals surface area contributed by atoms with Crippen LogP contribution in [-0.4, -0.2) is 21.2 Å². The number of fused-ring (bicyclic) bond motifs is 1. The highest BCUT2D eigenvalue weighted by atomic mass is 32.2. The summed E-state index contributed by atoms with van der Waals surface area (Å²) in [5.74, 6) is 0.510. The summed E-state index contributed by atoms with van der Waals surface area (Å²) in [6, 6.07) is 15.1. The van der Waals surface area contributed by atoms with E-state index in [4.69, 9.17) is 0 Å². The van der Waals surface area contributed by atoms with Gasteiger partial charge >= 0.3 is 0 Å². The number of rotatable bonds is 6. The highest BCUT2D eigenvalue weighted by Gasteiger charge is 2.15. The maximum Gasteiger partial charge on any atom is 0.262 e. The van der Waals surface area contributed by atoms with Gasteiger partial charge in [0.15, 0.2) is 5.16 Å². The molecule has 3 rings (SSSR count). The Morgan fingerprint density at radius 1 is 1.07 bits per heavy atom. The summed E-state index contributed by atoms with van der Waals surface area (Å²) in [6.45, 7) is 8.15. The van der Waals surface area contributed by atoms with E-state index in [1.165, 1.54) is 17.3 Å². The largest absolute Gasteiger partial charge is 0.325 e. The normalized spacial score (nSPS) is 11.4. The van der Waals surface area contributed by atoms with Gasteiger partial charge in [0, 0.05) is 11.7 Å². The quantitative estimate of drug-likeness (QED) is 0.479. The Morgan fingerprint density at radius 3 is 2.39 bits per heavy atom. The fourth-order valence-corrected chi connectivity index (χ4v) is 3.89. The molecule has 0 fully saturated rings. The Hall–Kier alpha value is -2.60. The molecule has 0 spiro atoms. The molecule has 0 aliphatic heterocycles. The van der Waals surface area contributed by atoms with Gasteiger partial charge < -0.3 is 5.32 Å². The van der Waals surface area contributed by atoms with Gasteiger partial charge in [-0.25, -0.2) is 4.98 Å². The van der Waals surface area contributed by atoms with E-state index in [1.54, 1.807) is 10.6 Å². The van der Waals surface area contributed by atoms with Gasteiger partial charge in [-0.3, -0.25) is 14.2 Å². The van der Waals surface area contributed by atoms with E-state index in [0.717, 1.165) is 5.69 Å². The molecule has 5 nitrogen and oxygen atoms in total. The van der Waals surface area contributed by atoms with Crippen LogP contribution >= 0.6 is 11.8 Å². The molecule has 6 heteroatoms. The number of hydrogen-bond donors (Lipinski definition) is 1. The summed E-state index contributed by atoms with van der Waals surface area (Å²) >= 11 is 1.28. The van der Waals surface area contributed by atoms with Crippen molar-refractivity contribution in [1.29, 1.82) is 0 Å². The molecule has 1 amide bonds. The summed E-state index contributed by atoms with van der Waals surface area (Å²) in [5, 5.41) is 4.06. The summed E-state index contributed by atoms with van der Waals surface area (Å²) in [6.07, 6.45) is 0. The van der Waals surface area contributed by atoms with Gasteiger partial charge in [-0.05, 0) is 49.6 Å². The van der Waals surface area contributed by atoms with Gasteiger partial charge in [0.25, 0.3) is 5.56 Å². The van der Waals surface area contributed by atoms with Crippen molar-refractivity contribution in [3.8, 4) is 0 Å². The summed E-state index contributed by atoms with van der Waals surface area (Å²) in [4.78, 5) is 29.8. The third kappa shape index (κ3) is 4.44. The summed E-state index contributed by atoms with van der Waals surface area (Å²) < 4.78 is 1.65. The predicted octanol–water partition coefficient (Wildman–Crippen LogP) is 4.83. The fourth-order valence-electron chi connectivity index (χ4n) is 2.96. The number of hydrogen-bond acceptors (Lipinski definition) is 4. The Morgan fingerprint density at radius 2 is 1.75 bits per heavy atom. The molecule has 0 saturated carbocycles. The number of para-hydroxylation sites is 1. The van der Waals surface area contributed by atoms with Crippen molar-refractivity contribution in [2.45, 2.75) is 44.8 Å². The van der Waals surface area contributed by atoms with Crippen LogP contribution in [0.25, 0.3) is 10.9 Å². The zero-order chi connectivity index (χ0) is 20.3. The number of nitrogens with zero attached hydrogens (tertiary/aromatic N) is 2. The standard InChI is InChI=1S/C22H25N3O2S/c1-14(2)16-9-11-17(12-10-16)23-20(26)13-28-22-24-19-8-6-5-7-18(19)21(27)25(22)15(3)4/h5-12,14-15H,13H2,1-4H3,(H,23,26). The first-order valence-corrected chi connectivity index (χ1v) is 10.4. The van der Waals surface area contributed by atoms with Crippen LogP contribution in [0.2, 0.25) is 0 Å². The first-order chi connectivity index (χ1) is 13.4. The van der Waals surface area contributed by atoms with E-state index in [-0.39, 0.29) is 23.3 Å². The Bertz CT molecular complexity index is 1040. The Balaban J connectivity index is 1.76. The smallest absolute Gasteiger partial charge is 0.262 e. The molecule has 1 heterocycles. The monoisotopic (exact) mass is 395 g/mol. The fraction of sp³-hybridized carbons (Fsp3) is 0.318. The first-order valence-electron chi connectivity index (χ1n) is 9.40. The molecule has 28 heavy (non-hydrogen) atoms. The highest BCUT2D eigenvalue weighted by Crippen LogP contribution is 2.22. The number of anilines is 1. The third-order valence-corrected chi connectivity index (χ3v) is 5.44. The minimum Gasteiger partial charge on any atom is -0.325 e.